The van der Waals surface area contributed by atoms with Crippen LogP contribution in [0.4, 0.5) is 0 Å². The van der Waals surface area contributed by atoms with Gasteiger partial charge in [0.25, 0.3) is 0 Å². The first kappa shape index (κ1) is 25.5. The van der Waals surface area contributed by atoms with Gasteiger partial charge in [-0.25, -0.2) is 14.4 Å². The van der Waals surface area contributed by atoms with Gasteiger partial charge in [-0.2, -0.15) is 15.8 Å². The third-order valence-electron chi connectivity index (χ3n) is 4.61. The van der Waals surface area contributed by atoms with Crippen LogP contribution in [0, 0.1) is 0 Å². The molecule has 0 bridgehead atoms. The molecule has 0 fully saturated rings. The summed E-state index contributed by atoms with van der Waals surface area (Å²) < 4.78 is 0. The standard InChI is InChI=1S/C21H30O9/c1-19(2,3)13-10(16(22)28-25)11(17(23)29-26)14(20(4,5)6)15(21(7,8)9)12(13)18(24)30-27/h25-27H,1-9H3. The van der Waals surface area contributed by atoms with Crippen LogP contribution in [0.5, 0.6) is 0 Å². The molecule has 1 aromatic rings. The Balaban J connectivity index is 4.73. The van der Waals surface area contributed by atoms with Crippen LogP contribution in [-0.2, 0) is 30.9 Å². The molecule has 0 saturated carbocycles. The molecular weight excluding hydrogens is 396 g/mol. The average Bonchev–Trinajstić information content (AvgIpc) is 2.61. The summed E-state index contributed by atoms with van der Waals surface area (Å²) in [6.45, 7) is 15.5. The van der Waals surface area contributed by atoms with Gasteiger partial charge in [0.2, 0.25) is 0 Å². The molecule has 0 atom stereocenters. The third kappa shape index (κ3) is 4.63. The SMILES string of the molecule is CC(C)(C)c1c(C(=O)OO)c(C(=O)OO)c(C(C)(C)C)c(C(C)(C)C)c1C(=O)OO. The van der Waals surface area contributed by atoms with Crippen LogP contribution in [0.3, 0.4) is 0 Å². The minimum absolute atomic E-state index is 0.0149. The third-order valence-corrected chi connectivity index (χ3v) is 4.61. The summed E-state index contributed by atoms with van der Waals surface area (Å²) in [6.07, 6.45) is 0. The highest BCUT2D eigenvalue weighted by Gasteiger charge is 2.44. The molecule has 3 N–H and O–H groups in total. The maximum atomic E-state index is 12.8. The maximum absolute atomic E-state index is 12.8. The van der Waals surface area contributed by atoms with Crippen molar-refractivity contribution in [1.82, 2.24) is 0 Å². The van der Waals surface area contributed by atoms with E-state index in [2.05, 4.69) is 14.7 Å². The van der Waals surface area contributed by atoms with Gasteiger partial charge in [-0.15, -0.1) is 0 Å². The van der Waals surface area contributed by atoms with Gasteiger partial charge in [-0.1, -0.05) is 62.3 Å². The van der Waals surface area contributed by atoms with Crippen LogP contribution in [0.15, 0.2) is 0 Å². The highest BCUT2D eigenvalue weighted by Crippen LogP contribution is 2.45. The van der Waals surface area contributed by atoms with Gasteiger partial charge in [0.15, 0.2) is 0 Å². The summed E-state index contributed by atoms with van der Waals surface area (Å²) in [6, 6.07) is 0. The normalized spacial score (nSPS) is 12.4. The lowest BCUT2D eigenvalue weighted by molar-refractivity contribution is -0.185. The van der Waals surface area contributed by atoms with Crippen molar-refractivity contribution in [3.8, 4) is 0 Å². The van der Waals surface area contributed by atoms with Gasteiger partial charge in [-0.05, 0) is 32.9 Å². The fourth-order valence-electron chi connectivity index (χ4n) is 3.75. The van der Waals surface area contributed by atoms with Crippen LogP contribution in [-0.4, -0.2) is 33.7 Å². The predicted octanol–water partition coefficient (Wildman–Crippen LogP) is 4.47. The Morgan fingerprint density at radius 3 is 1.00 bits per heavy atom. The Morgan fingerprint density at radius 1 is 0.500 bits per heavy atom. The molecule has 9 nitrogen and oxygen atoms in total. The summed E-state index contributed by atoms with van der Waals surface area (Å²) in [4.78, 5) is 50.1. The lowest BCUT2D eigenvalue weighted by Crippen LogP contribution is -2.35. The van der Waals surface area contributed by atoms with E-state index in [0.29, 0.717) is 5.56 Å². The van der Waals surface area contributed by atoms with Crippen molar-refractivity contribution < 1.29 is 44.8 Å². The van der Waals surface area contributed by atoms with Crippen molar-refractivity contribution in [3.05, 3.63) is 33.4 Å². The lowest BCUT2D eigenvalue weighted by Gasteiger charge is -2.37. The van der Waals surface area contributed by atoms with E-state index >= 15 is 0 Å². The van der Waals surface area contributed by atoms with E-state index in [0.717, 1.165) is 0 Å². The van der Waals surface area contributed by atoms with Crippen molar-refractivity contribution in [2.24, 2.45) is 0 Å². The maximum Gasteiger partial charge on any atom is 0.374 e. The Bertz CT molecular complexity index is 863. The number of carbonyl (C=O) groups excluding carboxylic acids is 3. The first-order valence-corrected chi connectivity index (χ1v) is 9.27. The van der Waals surface area contributed by atoms with Crippen LogP contribution in [0.1, 0.15) is 110 Å². The van der Waals surface area contributed by atoms with E-state index in [1.165, 1.54) is 0 Å². The van der Waals surface area contributed by atoms with Gasteiger partial charge >= 0.3 is 17.9 Å². The molecule has 0 saturated heterocycles. The van der Waals surface area contributed by atoms with Crippen molar-refractivity contribution in [2.45, 2.75) is 78.6 Å². The van der Waals surface area contributed by atoms with Crippen LogP contribution < -0.4 is 0 Å². The van der Waals surface area contributed by atoms with Gasteiger partial charge in [-0.3, -0.25) is 14.7 Å². The number of hydrogen-bond donors (Lipinski definition) is 3. The zero-order valence-electron chi connectivity index (χ0n) is 18.8. The number of rotatable bonds is 3. The molecule has 1 aromatic carbocycles. The molecule has 0 unspecified atom stereocenters. The molecule has 0 amide bonds. The molecule has 9 heteroatoms. The second-order valence-electron chi connectivity index (χ2n) is 10.1. The highest BCUT2D eigenvalue weighted by molar-refractivity contribution is 6.09. The molecule has 0 aliphatic rings. The molecule has 0 aliphatic carbocycles. The van der Waals surface area contributed by atoms with Gasteiger partial charge in [0.05, 0.1) is 16.7 Å². The van der Waals surface area contributed by atoms with Crippen molar-refractivity contribution in [3.63, 3.8) is 0 Å². The van der Waals surface area contributed by atoms with Crippen LogP contribution >= 0.6 is 0 Å². The van der Waals surface area contributed by atoms with Gasteiger partial charge < -0.3 is 0 Å². The topological polar surface area (TPSA) is 140 Å². The zero-order valence-corrected chi connectivity index (χ0v) is 18.8. The monoisotopic (exact) mass is 426 g/mol. The van der Waals surface area contributed by atoms with Crippen LogP contribution in [0.25, 0.3) is 0 Å². The minimum Gasteiger partial charge on any atom is -0.295 e. The summed E-state index contributed by atoms with van der Waals surface area (Å²) in [7, 11) is 0. The number of carbonyl (C=O) groups is 3. The average molecular weight is 426 g/mol. The predicted molar refractivity (Wildman–Crippen MR) is 107 cm³/mol. The van der Waals surface area contributed by atoms with E-state index in [-0.39, 0.29) is 22.3 Å². The Labute approximate surface area is 175 Å². The first-order chi connectivity index (χ1) is 13.4. The molecule has 168 valence electrons. The highest BCUT2D eigenvalue weighted by atomic mass is 17.1. The van der Waals surface area contributed by atoms with Gasteiger partial charge in [0.1, 0.15) is 0 Å². The molecule has 1 rings (SSSR count). The molecule has 0 heterocycles. The minimum atomic E-state index is -1.33. The smallest absolute Gasteiger partial charge is 0.295 e. The van der Waals surface area contributed by atoms with Gasteiger partial charge in [0, 0.05) is 0 Å². The molecule has 0 aliphatic heterocycles. The second kappa shape index (κ2) is 8.33. The quantitative estimate of drug-likeness (QED) is 0.363. The fraction of sp³-hybridized carbons (Fsp3) is 0.571. The van der Waals surface area contributed by atoms with E-state index in [9.17, 15) is 24.9 Å². The summed E-state index contributed by atoms with van der Waals surface area (Å²) in [5.74, 6) is -3.75. The van der Waals surface area contributed by atoms with Crippen molar-refractivity contribution in [1.29, 1.82) is 0 Å². The number of benzene rings is 1. The Morgan fingerprint density at radius 2 is 0.733 bits per heavy atom. The largest absolute Gasteiger partial charge is 0.374 e. The molecule has 30 heavy (non-hydrogen) atoms. The van der Waals surface area contributed by atoms with E-state index in [1.807, 2.05) is 0 Å². The van der Waals surface area contributed by atoms with E-state index < -0.39 is 39.7 Å². The first-order valence-electron chi connectivity index (χ1n) is 9.27. The molecule has 0 radical (unpaired) electrons. The molecular formula is C21H30O9. The number of hydrogen-bond acceptors (Lipinski definition) is 9. The molecule has 0 spiro atoms. The second-order valence-corrected chi connectivity index (χ2v) is 10.1. The van der Waals surface area contributed by atoms with Crippen molar-refractivity contribution in [2.75, 3.05) is 0 Å². The fourth-order valence-corrected chi connectivity index (χ4v) is 3.75. The summed E-state index contributed by atoms with van der Waals surface area (Å²) in [5, 5.41) is 27.5. The zero-order chi connectivity index (χ0) is 23.8. The van der Waals surface area contributed by atoms with Crippen LogP contribution in [0.2, 0.25) is 0 Å². The molecule has 0 aromatic heterocycles. The van der Waals surface area contributed by atoms with E-state index in [1.54, 1.807) is 62.3 Å². The Hall–Kier alpha value is -2.49. The lowest BCUT2D eigenvalue weighted by atomic mass is 9.65. The summed E-state index contributed by atoms with van der Waals surface area (Å²) >= 11 is 0. The summed E-state index contributed by atoms with van der Waals surface area (Å²) in [5.41, 5.74) is -3.10. The van der Waals surface area contributed by atoms with E-state index in [4.69, 9.17) is 5.26 Å². The van der Waals surface area contributed by atoms with Crippen molar-refractivity contribution >= 4 is 17.9 Å². The Kier molecular flexibility index (Phi) is 7.09.